The number of benzene rings is 1. The molecular formula is C17H13ClN2O4. The third-order valence-corrected chi connectivity index (χ3v) is 3.70. The van der Waals surface area contributed by atoms with Gasteiger partial charge in [-0.3, -0.25) is 9.20 Å². The number of esters is 1. The zero-order valence-corrected chi connectivity index (χ0v) is 13.4. The molecule has 0 aliphatic heterocycles. The van der Waals surface area contributed by atoms with Gasteiger partial charge in [-0.15, -0.1) is 0 Å². The van der Waals surface area contributed by atoms with Crippen molar-refractivity contribution in [3.05, 3.63) is 74.8 Å². The average Bonchev–Trinajstić information content (AvgIpc) is 2.52. The van der Waals surface area contributed by atoms with E-state index in [0.29, 0.717) is 16.4 Å². The molecule has 1 aromatic carbocycles. The number of fused-ring (bicyclic) bond motifs is 1. The number of rotatable bonds is 3. The third-order valence-electron chi connectivity index (χ3n) is 3.46. The maximum absolute atomic E-state index is 12.2. The minimum atomic E-state index is -0.726. The lowest BCUT2D eigenvalue weighted by Crippen LogP contribution is -2.18. The van der Waals surface area contributed by atoms with Gasteiger partial charge in [0, 0.05) is 16.8 Å². The molecule has 0 unspecified atom stereocenters. The minimum Gasteiger partial charge on any atom is -0.507 e. The van der Waals surface area contributed by atoms with Crippen LogP contribution in [0.15, 0.2) is 47.3 Å². The molecule has 24 heavy (non-hydrogen) atoms. The van der Waals surface area contributed by atoms with Crippen LogP contribution in [0.1, 0.15) is 21.7 Å². The summed E-state index contributed by atoms with van der Waals surface area (Å²) in [6, 6.07) is 10.7. The molecule has 0 fully saturated rings. The van der Waals surface area contributed by atoms with Crippen molar-refractivity contribution >= 4 is 23.2 Å². The van der Waals surface area contributed by atoms with Gasteiger partial charge in [0.1, 0.15) is 23.6 Å². The molecule has 0 atom stereocenters. The maximum Gasteiger partial charge on any atom is 0.342 e. The first kappa shape index (κ1) is 16.0. The highest BCUT2D eigenvalue weighted by molar-refractivity contribution is 6.30. The van der Waals surface area contributed by atoms with Gasteiger partial charge >= 0.3 is 5.97 Å². The van der Waals surface area contributed by atoms with Crippen LogP contribution in [-0.2, 0) is 11.3 Å². The van der Waals surface area contributed by atoms with Gasteiger partial charge in [0.2, 0.25) is 0 Å². The predicted octanol–water partition coefficient (Wildman–Crippen LogP) is 2.72. The van der Waals surface area contributed by atoms with Crippen LogP contribution in [-0.4, -0.2) is 20.5 Å². The Bertz CT molecular complexity index is 998. The Morgan fingerprint density at radius 1 is 1.29 bits per heavy atom. The van der Waals surface area contributed by atoms with Crippen LogP contribution in [0, 0.1) is 6.92 Å². The second-order valence-corrected chi connectivity index (χ2v) is 5.62. The number of aromatic hydroxyl groups is 1. The maximum atomic E-state index is 12.2. The first-order chi connectivity index (χ1) is 11.5. The van der Waals surface area contributed by atoms with Crippen LogP contribution in [0.3, 0.4) is 0 Å². The fourth-order valence-electron chi connectivity index (χ4n) is 2.33. The van der Waals surface area contributed by atoms with E-state index in [9.17, 15) is 14.7 Å². The smallest absolute Gasteiger partial charge is 0.342 e. The van der Waals surface area contributed by atoms with Gasteiger partial charge in [-0.2, -0.15) is 0 Å². The van der Waals surface area contributed by atoms with E-state index in [1.54, 1.807) is 25.1 Å². The van der Waals surface area contributed by atoms with Crippen LogP contribution in [0.5, 0.6) is 5.75 Å². The van der Waals surface area contributed by atoms with Crippen molar-refractivity contribution < 1.29 is 14.6 Å². The molecule has 122 valence electrons. The summed E-state index contributed by atoms with van der Waals surface area (Å²) in [5.74, 6) is -0.995. The summed E-state index contributed by atoms with van der Waals surface area (Å²) in [4.78, 5) is 28.5. The summed E-state index contributed by atoms with van der Waals surface area (Å²) < 4.78 is 6.58. The molecule has 6 nitrogen and oxygen atoms in total. The SMILES string of the molecule is Cc1cccc2nc(COC(=O)c3ccc(Cl)cc3O)cc(=O)n12. The van der Waals surface area contributed by atoms with E-state index < -0.39 is 5.97 Å². The number of hydrogen-bond donors (Lipinski definition) is 1. The number of carbonyl (C=O) groups is 1. The lowest BCUT2D eigenvalue weighted by molar-refractivity contribution is 0.0464. The van der Waals surface area contributed by atoms with Crippen LogP contribution < -0.4 is 5.56 Å². The summed E-state index contributed by atoms with van der Waals surface area (Å²) in [6.07, 6.45) is 0. The zero-order chi connectivity index (χ0) is 17.3. The van der Waals surface area contributed by atoms with Gasteiger partial charge in [0.15, 0.2) is 0 Å². The molecule has 0 spiro atoms. The number of ether oxygens (including phenoxy) is 1. The minimum absolute atomic E-state index is 0.00671. The standard InChI is InChI=1S/C17H13ClN2O4/c1-10-3-2-4-15-19-12(8-16(22)20(10)15)9-24-17(23)13-6-5-11(18)7-14(13)21/h2-8,21H,9H2,1H3. The summed E-state index contributed by atoms with van der Waals surface area (Å²) >= 11 is 5.72. The number of carbonyl (C=O) groups excluding carboxylic acids is 1. The summed E-state index contributed by atoms with van der Waals surface area (Å²) in [5.41, 5.74) is 1.31. The number of halogens is 1. The second kappa shape index (κ2) is 6.33. The van der Waals surface area contributed by atoms with Crippen molar-refractivity contribution in [3.63, 3.8) is 0 Å². The Kier molecular flexibility index (Phi) is 4.22. The molecule has 0 saturated heterocycles. The molecule has 1 N–H and O–H groups in total. The van der Waals surface area contributed by atoms with Crippen molar-refractivity contribution in [1.82, 2.24) is 9.38 Å². The Morgan fingerprint density at radius 3 is 2.83 bits per heavy atom. The molecule has 0 aliphatic rings. The van der Waals surface area contributed by atoms with Crippen molar-refractivity contribution in [2.24, 2.45) is 0 Å². The molecule has 0 amide bonds. The Balaban J connectivity index is 1.83. The van der Waals surface area contributed by atoms with E-state index >= 15 is 0 Å². The number of nitrogens with zero attached hydrogens (tertiary/aromatic N) is 2. The number of hydrogen-bond acceptors (Lipinski definition) is 5. The van der Waals surface area contributed by atoms with Gasteiger partial charge in [-0.1, -0.05) is 17.7 Å². The average molecular weight is 345 g/mol. The quantitative estimate of drug-likeness (QED) is 0.739. The molecule has 0 aliphatic carbocycles. The highest BCUT2D eigenvalue weighted by Crippen LogP contribution is 2.22. The van der Waals surface area contributed by atoms with Crippen LogP contribution in [0.2, 0.25) is 5.02 Å². The number of aryl methyl sites for hydroxylation is 1. The second-order valence-electron chi connectivity index (χ2n) is 5.18. The normalized spacial score (nSPS) is 10.8. The van der Waals surface area contributed by atoms with E-state index in [1.807, 2.05) is 0 Å². The number of aromatic nitrogens is 2. The Labute approximate surface area is 141 Å². The van der Waals surface area contributed by atoms with E-state index in [1.165, 1.54) is 28.7 Å². The number of phenols is 1. The van der Waals surface area contributed by atoms with Gasteiger partial charge in [0.25, 0.3) is 5.56 Å². The van der Waals surface area contributed by atoms with Crippen LogP contribution in [0.25, 0.3) is 5.65 Å². The van der Waals surface area contributed by atoms with Crippen molar-refractivity contribution in [3.8, 4) is 5.75 Å². The molecule has 2 heterocycles. The molecule has 2 aromatic heterocycles. The summed E-state index contributed by atoms with van der Waals surface area (Å²) in [5, 5.41) is 10.0. The fourth-order valence-corrected chi connectivity index (χ4v) is 2.50. The van der Waals surface area contributed by atoms with Gasteiger partial charge in [-0.25, -0.2) is 9.78 Å². The first-order valence-electron chi connectivity index (χ1n) is 7.09. The lowest BCUT2D eigenvalue weighted by atomic mass is 10.2. The third kappa shape index (κ3) is 3.09. The largest absolute Gasteiger partial charge is 0.507 e. The summed E-state index contributed by atoms with van der Waals surface area (Å²) in [6.45, 7) is 1.62. The van der Waals surface area contributed by atoms with Crippen molar-refractivity contribution in [1.29, 1.82) is 0 Å². The predicted molar refractivity (Wildman–Crippen MR) is 88.4 cm³/mol. The van der Waals surface area contributed by atoms with E-state index in [2.05, 4.69) is 4.98 Å². The Hall–Kier alpha value is -2.86. The molecule has 0 bridgehead atoms. The molecule has 0 radical (unpaired) electrons. The molecule has 3 rings (SSSR count). The molecule has 7 heteroatoms. The summed E-state index contributed by atoms with van der Waals surface area (Å²) in [7, 11) is 0. The number of phenolic OH excluding ortho intramolecular Hbond substituents is 1. The van der Waals surface area contributed by atoms with Gasteiger partial charge < -0.3 is 9.84 Å². The Morgan fingerprint density at radius 2 is 2.08 bits per heavy atom. The van der Waals surface area contributed by atoms with Crippen LogP contribution in [0.4, 0.5) is 0 Å². The topological polar surface area (TPSA) is 80.9 Å². The van der Waals surface area contributed by atoms with E-state index in [0.717, 1.165) is 5.69 Å². The highest BCUT2D eigenvalue weighted by atomic mass is 35.5. The molecule has 3 aromatic rings. The monoisotopic (exact) mass is 344 g/mol. The van der Waals surface area contributed by atoms with Crippen LogP contribution >= 0.6 is 11.6 Å². The van der Waals surface area contributed by atoms with Crippen molar-refractivity contribution in [2.45, 2.75) is 13.5 Å². The van der Waals surface area contributed by atoms with E-state index in [-0.39, 0.29) is 23.5 Å². The number of pyridine rings is 1. The lowest BCUT2D eigenvalue weighted by Gasteiger charge is -2.08. The zero-order valence-electron chi connectivity index (χ0n) is 12.7. The van der Waals surface area contributed by atoms with Gasteiger partial charge in [-0.05, 0) is 37.3 Å². The molecule has 0 saturated carbocycles. The van der Waals surface area contributed by atoms with Crippen molar-refractivity contribution in [2.75, 3.05) is 0 Å². The van der Waals surface area contributed by atoms with E-state index in [4.69, 9.17) is 16.3 Å². The van der Waals surface area contributed by atoms with Gasteiger partial charge in [0.05, 0.1) is 5.69 Å². The fraction of sp³-hybridized carbons (Fsp3) is 0.118. The highest BCUT2D eigenvalue weighted by Gasteiger charge is 2.14. The molecular weight excluding hydrogens is 332 g/mol. The first-order valence-corrected chi connectivity index (χ1v) is 7.47.